The monoisotopic (exact) mass is 232 g/mol. The molecule has 0 heterocycles. The van der Waals surface area contributed by atoms with Crippen LogP contribution in [0.2, 0.25) is 0 Å². The zero-order valence-electron chi connectivity index (χ0n) is 9.67. The van der Waals surface area contributed by atoms with Crippen molar-refractivity contribution >= 4 is 10.8 Å². The molecule has 0 saturated carbocycles. The van der Waals surface area contributed by atoms with Crippen LogP contribution in [0.3, 0.4) is 0 Å². The summed E-state index contributed by atoms with van der Waals surface area (Å²) >= 11 is 0. The van der Waals surface area contributed by atoms with E-state index >= 15 is 0 Å². The van der Waals surface area contributed by atoms with E-state index in [9.17, 15) is 10.2 Å². The Kier molecular flexibility index (Phi) is 3.43. The highest BCUT2D eigenvalue weighted by Gasteiger charge is 2.21. The Morgan fingerprint density at radius 2 is 1.76 bits per heavy atom. The topological polar surface area (TPSA) is 60.7 Å². The summed E-state index contributed by atoms with van der Waals surface area (Å²) in [6.07, 6.45) is -2.22. The molecule has 0 aromatic heterocycles. The van der Waals surface area contributed by atoms with Gasteiger partial charge in [-0.2, -0.15) is 0 Å². The highest BCUT2D eigenvalue weighted by Crippen LogP contribution is 2.29. The van der Waals surface area contributed by atoms with E-state index in [0.717, 1.165) is 16.3 Å². The average molecular weight is 232 g/mol. The second-order valence-corrected chi connectivity index (χ2v) is 4.21. The van der Waals surface area contributed by atoms with Gasteiger partial charge in [-0.1, -0.05) is 36.4 Å². The van der Waals surface area contributed by atoms with Gasteiger partial charge in [-0.3, -0.25) is 0 Å². The number of benzene rings is 2. The van der Waals surface area contributed by atoms with Crippen molar-refractivity contribution in [3.63, 3.8) is 0 Å². The van der Waals surface area contributed by atoms with Crippen LogP contribution in [-0.4, -0.2) is 28.0 Å². The highest BCUT2D eigenvalue weighted by molar-refractivity contribution is 5.87. The Hall–Kier alpha value is -1.42. The van der Waals surface area contributed by atoms with Crippen molar-refractivity contribution in [2.45, 2.75) is 19.1 Å². The summed E-state index contributed by atoms with van der Waals surface area (Å²) in [5.74, 6) is 0. The molecule has 0 radical (unpaired) electrons. The molecule has 0 aliphatic carbocycles. The first-order valence-corrected chi connectivity index (χ1v) is 5.60. The highest BCUT2D eigenvalue weighted by atomic mass is 16.4. The molecule has 17 heavy (non-hydrogen) atoms. The summed E-state index contributed by atoms with van der Waals surface area (Å²) in [4.78, 5) is 0. The molecule has 2 atom stereocenters. The summed E-state index contributed by atoms with van der Waals surface area (Å²) in [5, 5.41) is 30.5. The van der Waals surface area contributed by atoms with E-state index in [0.29, 0.717) is 5.56 Å². The van der Waals surface area contributed by atoms with Crippen LogP contribution in [0.5, 0.6) is 0 Å². The number of hydrogen-bond donors (Lipinski definition) is 3. The molecule has 0 aliphatic heterocycles. The number of aliphatic hydroxyl groups is 3. The second kappa shape index (κ2) is 4.84. The second-order valence-electron chi connectivity index (χ2n) is 4.21. The fraction of sp³-hybridized carbons (Fsp3) is 0.286. The van der Waals surface area contributed by atoms with Gasteiger partial charge in [0.05, 0.1) is 6.61 Å². The first-order chi connectivity index (χ1) is 8.15. The minimum absolute atomic E-state index is 0.455. The smallest absolute Gasteiger partial charge is 0.108 e. The zero-order valence-corrected chi connectivity index (χ0v) is 9.67. The minimum Gasteiger partial charge on any atom is -0.394 e. The van der Waals surface area contributed by atoms with E-state index in [-0.39, 0.29) is 0 Å². The van der Waals surface area contributed by atoms with Crippen molar-refractivity contribution in [1.82, 2.24) is 0 Å². The maximum absolute atomic E-state index is 10.1. The Bertz CT molecular complexity index is 522. The van der Waals surface area contributed by atoms with Crippen LogP contribution in [0.4, 0.5) is 0 Å². The molecule has 0 amide bonds. The summed E-state index contributed by atoms with van der Waals surface area (Å²) in [5.41, 5.74) is 1.59. The summed E-state index contributed by atoms with van der Waals surface area (Å²) in [6, 6.07) is 11.6. The number of rotatable bonds is 3. The molecule has 0 fully saturated rings. The first kappa shape index (κ1) is 12.0. The van der Waals surface area contributed by atoms with Gasteiger partial charge < -0.3 is 15.3 Å². The molecular weight excluding hydrogens is 216 g/mol. The fourth-order valence-electron chi connectivity index (χ4n) is 2.09. The van der Waals surface area contributed by atoms with Crippen molar-refractivity contribution < 1.29 is 15.3 Å². The minimum atomic E-state index is -1.15. The maximum Gasteiger partial charge on any atom is 0.108 e. The standard InChI is InChI=1S/C14H16O3/c1-9-6-7-10-4-2-3-5-11(10)13(9)14(17)12(16)8-15/h2-7,12,14-17H,8H2,1H3. The molecule has 3 N–H and O–H groups in total. The first-order valence-electron chi connectivity index (χ1n) is 5.60. The molecule has 0 bridgehead atoms. The Balaban J connectivity index is 2.62. The van der Waals surface area contributed by atoms with Gasteiger partial charge in [0.15, 0.2) is 0 Å². The molecule has 2 rings (SSSR count). The van der Waals surface area contributed by atoms with Gasteiger partial charge in [-0.15, -0.1) is 0 Å². The van der Waals surface area contributed by atoms with E-state index in [1.165, 1.54) is 0 Å². The number of fused-ring (bicyclic) bond motifs is 1. The van der Waals surface area contributed by atoms with E-state index in [4.69, 9.17) is 5.11 Å². The van der Waals surface area contributed by atoms with E-state index in [2.05, 4.69) is 0 Å². The largest absolute Gasteiger partial charge is 0.394 e. The lowest BCUT2D eigenvalue weighted by atomic mass is 9.93. The van der Waals surface area contributed by atoms with Gasteiger partial charge in [0, 0.05) is 0 Å². The van der Waals surface area contributed by atoms with Gasteiger partial charge >= 0.3 is 0 Å². The van der Waals surface area contributed by atoms with E-state index in [1.54, 1.807) is 0 Å². The lowest BCUT2D eigenvalue weighted by molar-refractivity contribution is -0.0148. The third-order valence-corrected chi connectivity index (χ3v) is 3.04. The predicted molar refractivity (Wildman–Crippen MR) is 66.7 cm³/mol. The van der Waals surface area contributed by atoms with Crippen molar-refractivity contribution in [2.75, 3.05) is 6.61 Å². The third kappa shape index (κ3) is 2.17. The lowest BCUT2D eigenvalue weighted by Crippen LogP contribution is -2.23. The van der Waals surface area contributed by atoms with Crippen LogP contribution < -0.4 is 0 Å². The molecule has 90 valence electrons. The molecular formula is C14H16O3. The maximum atomic E-state index is 10.1. The summed E-state index contributed by atoms with van der Waals surface area (Å²) < 4.78 is 0. The normalized spacial score (nSPS) is 14.8. The molecule has 0 saturated heterocycles. The van der Waals surface area contributed by atoms with Crippen molar-refractivity contribution in [3.05, 3.63) is 47.5 Å². The molecule has 2 aromatic rings. The molecule has 3 heteroatoms. The van der Waals surface area contributed by atoms with E-state index < -0.39 is 18.8 Å². The Morgan fingerprint density at radius 1 is 1.06 bits per heavy atom. The van der Waals surface area contributed by atoms with Crippen molar-refractivity contribution in [3.8, 4) is 0 Å². The van der Waals surface area contributed by atoms with Gasteiger partial charge in [0.2, 0.25) is 0 Å². The fourth-order valence-corrected chi connectivity index (χ4v) is 2.09. The molecule has 0 aliphatic rings. The summed E-state index contributed by atoms with van der Waals surface area (Å²) in [7, 11) is 0. The molecule has 3 nitrogen and oxygen atoms in total. The van der Waals surface area contributed by atoms with Gasteiger partial charge in [0.1, 0.15) is 12.2 Å². The zero-order chi connectivity index (χ0) is 12.4. The lowest BCUT2D eigenvalue weighted by Gasteiger charge is -2.20. The van der Waals surface area contributed by atoms with Crippen molar-refractivity contribution in [1.29, 1.82) is 0 Å². The predicted octanol–water partition coefficient (Wildman–Crippen LogP) is 1.53. The molecule has 2 aromatic carbocycles. The Labute approximate surface area is 100.0 Å². The number of hydrogen-bond acceptors (Lipinski definition) is 3. The van der Waals surface area contributed by atoms with Gasteiger partial charge in [-0.05, 0) is 28.8 Å². The van der Waals surface area contributed by atoms with Crippen LogP contribution in [-0.2, 0) is 0 Å². The quantitative estimate of drug-likeness (QED) is 0.752. The van der Waals surface area contributed by atoms with Gasteiger partial charge in [0.25, 0.3) is 0 Å². The van der Waals surface area contributed by atoms with Crippen LogP contribution in [0.15, 0.2) is 36.4 Å². The van der Waals surface area contributed by atoms with Crippen LogP contribution in [0.1, 0.15) is 17.2 Å². The van der Waals surface area contributed by atoms with Crippen molar-refractivity contribution in [2.24, 2.45) is 0 Å². The Morgan fingerprint density at radius 3 is 2.47 bits per heavy atom. The number of aryl methyl sites for hydroxylation is 1. The summed E-state index contributed by atoms with van der Waals surface area (Å²) in [6.45, 7) is 1.43. The van der Waals surface area contributed by atoms with Crippen LogP contribution in [0.25, 0.3) is 10.8 Å². The number of aliphatic hydroxyl groups excluding tert-OH is 3. The van der Waals surface area contributed by atoms with Gasteiger partial charge in [-0.25, -0.2) is 0 Å². The average Bonchev–Trinajstić information content (AvgIpc) is 2.37. The third-order valence-electron chi connectivity index (χ3n) is 3.04. The molecule has 0 spiro atoms. The van der Waals surface area contributed by atoms with Crippen LogP contribution in [0, 0.1) is 6.92 Å². The van der Waals surface area contributed by atoms with E-state index in [1.807, 2.05) is 43.3 Å². The SMILES string of the molecule is Cc1ccc2ccccc2c1C(O)C(O)CO. The van der Waals surface area contributed by atoms with Crippen LogP contribution >= 0.6 is 0 Å². The molecule has 2 unspecified atom stereocenters.